The summed E-state index contributed by atoms with van der Waals surface area (Å²) in [5, 5.41) is 15.3. The van der Waals surface area contributed by atoms with E-state index in [1.807, 2.05) is 47.9 Å². The lowest BCUT2D eigenvalue weighted by atomic mass is 9.89. The average Bonchev–Trinajstić information content (AvgIpc) is 3.62. The number of sulfonamides is 1. The van der Waals surface area contributed by atoms with Crippen LogP contribution in [0.4, 0.5) is 10.1 Å². The fraction of sp³-hybridized carbons (Fsp3) is 0.290. The van der Waals surface area contributed by atoms with Gasteiger partial charge in [0.25, 0.3) is 10.0 Å². The van der Waals surface area contributed by atoms with Crippen molar-refractivity contribution in [1.29, 1.82) is 0 Å². The Morgan fingerprint density at radius 3 is 2.57 bits per heavy atom. The first-order valence-electron chi connectivity index (χ1n) is 13.7. The van der Waals surface area contributed by atoms with Gasteiger partial charge in [-0.3, -0.25) is 5.32 Å². The van der Waals surface area contributed by atoms with Crippen molar-refractivity contribution >= 4 is 49.6 Å². The van der Waals surface area contributed by atoms with Crippen LogP contribution in [0.15, 0.2) is 80.7 Å². The van der Waals surface area contributed by atoms with Crippen molar-refractivity contribution in [3.8, 4) is 11.3 Å². The number of benzene rings is 3. The zero-order valence-electron chi connectivity index (χ0n) is 23.5. The number of rotatable bonds is 8. The van der Waals surface area contributed by atoms with Gasteiger partial charge in [-0.25, -0.2) is 12.8 Å². The number of piperidine rings is 1. The highest BCUT2D eigenvalue weighted by atomic mass is 32.2. The van der Waals surface area contributed by atoms with Gasteiger partial charge in [-0.1, -0.05) is 30.1 Å². The molecule has 1 fully saturated rings. The van der Waals surface area contributed by atoms with E-state index in [0.717, 1.165) is 23.1 Å². The number of para-hydroxylation sites is 1. The largest absolute Gasteiger partial charge is 0.456 e. The molecule has 0 amide bonds. The Hall–Kier alpha value is -3.35. The molecule has 2 N–H and O–H groups in total. The molecule has 0 radical (unpaired) electrons. The average molecular weight is 610 g/mol. The lowest BCUT2D eigenvalue weighted by Crippen LogP contribution is -2.39. The molecule has 0 bridgehead atoms. The van der Waals surface area contributed by atoms with Crippen LogP contribution in [0.25, 0.3) is 33.3 Å². The molecule has 0 unspecified atom stereocenters. The summed E-state index contributed by atoms with van der Waals surface area (Å²) in [5.41, 5.74) is 4.14. The SMILES string of the molecule is CN[C@H](O)c1c(-c2ccc(F)cc2)oc2cc(N(C)SC)c([C@H]3CCCN(S(=O)(=O)c4cc5ccccc5o4)C3)cc12. The highest BCUT2D eigenvalue weighted by Gasteiger charge is 2.35. The number of aliphatic hydroxyl groups excluding tert-OH is 1. The third kappa shape index (κ3) is 5.09. The Morgan fingerprint density at radius 1 is 1.10 bits per heavy atom. The van der Waals surface area contributed by atoms with E-state index in [2.05, 4.69) is 5.32 Å². The molecule has 0 aliphatic carbocycles. The van der Waals surface area contributed by atoms with Crippen molar-refractivity contribution in [2.75, 3.05) is 37.7 Å². The summed E-state index contributed by atoms with van der Waals surface area (Å²) in [6, 6.07) is 18.7. The summed E-state index contributed by atoms with van der Waals surface area (Å²) in [4.78, 5) is 0. The molecule has 1 saturated heterocycles. The third-order valence-electron chi connectivity index (χ3n) is 7.96. The van der Waals surface area contributed by atoms with Crippen LogP contribution in [0.5, 0.6) is 0 Å². The quantitative estimate of drug-likeness (QED) is 0.152. The molecule has 220 valence electrons. The number of nitrogens with one attached hydrogen (secondary N) is 1. The maximum absolute atomic E-state index is 13.7. The first-order chi connectivity index (χ1) is 20.2. The number of fused-ring (bicyclic) bond motifs is 2. The predicted molar refractivity (Wildman–Crippen MR) is 164 cm³/mol. The van der Waals surface area contributed by atoms with Gasteiger partial charge in [0.2, 0.25) is 5.09 Å². The van der Waals surface area contributed by atoms with Crippen LogP contribution in [-0.4, -0.2) is 51.3 Å². The molecular weight excluding hydrogens is 577 g/mol. The van der Waals surface area contributed by atoms with Gasteiger partial charge < -0.3 is 18.2 Å². The fourth-order valence-corrected chi connectivity index (χ4v) is 7.55. The zero-order valence-corrected chi connectivity index (χ0v) is 25.1. The van der Waals surface area contributed by atoms with Gasteiger partial charge in [0, 0.05) is 60.4 Å². The van der Waals surface area contributed by atoms with Crippen LogP contribution >= 0.6 is 11.9 Å². The van der Waals surface area contributed by atoms with E-state index in [0.29, 0.717) is 46.4 Å². The van der Waals surface area contributed by atoms with E-state index in [4.69, 9.17) is 8.83 Å². The highest BCUT2D eigenvalue weighted by Crippen LogP contribution is 2.44. The summed E-state index contributed by atoms with van der Waals surface area (Å²) in [6.07, 6.45) is 2.40. The number of halogens is 1. The molecule has 0 saturated carbocycles. The van der Waals surface area contributed by atoms with Gasteiger partial charge in [-0.05, 0) is 67.8 Å². The summed E-state index contributed by atoms with van der Waals surface area (Å²) < 4.78 is 56.7. The maximum Gasteiger partial charge on any atom is 0.276 e. The first-order valence-corrected chi connectivity index (χ1v) is 16.3. The molecule has 2 aromatic heterocycles. The van der Waals surface area contributed by atoms with Crippen molar-refractivity contribution in [1.82, 2.24) is 9.62 Å². The fourth-order valence-electron chi connectivity index (χ4n) is 5.72. The Labute approximate surface area is 248 Å². The van der Waals surface area contributed by atoms with Gasteiger partial charge in [-0.15, -0.1) is 0 Å². The Balaban J connectivity index is 1.44. The number of hydrogen-bond donors (Lipinski definition) is 2. The number of furan rings is 2. The van der Waals surface area contributed by atoms with Crippen LogP contribution < -0.4 is 9.62 Å². The topological polar surface area (TPSA) is 99.2 Å². The molecule has 42 heavy (non-hydrogen) atoms. The Morgan fingerprint density at radius 2 is 1.86 bits per heavy atom. The van der Waals surface area contributed by atoms with E-state index < -0.39 is 16.3 Å². The van der Waals surface area contributed by atoms with Crippen molar-refractivity contribution in [2.24, 2.45) is 0 Å². The van der Waals surface area contributed by atoms with Crippen molar-refractivity contribution in [3.63, 3.8) is 0 Å². The molecule has 1 aliphatic rings. The van der Waals surface area contributed by atoms with E-state index in [-0.39, 0.29) is 23.4 Å². The number of nitrogens with zero attached hydrogens (tertiary/aromatic N) is 2. The minimum atomic E-state index is -3.86. The second-order valence-corrected chi connectivity index (χ2v) is 13.2. The molecule has 0 spiro atoms. The summed E-state index contributed by atoms with van der Waals surface area (Å²) >= 11 is 1.53. The predicted octanol–water partition coefficient (Wildman–Crippen LogP) is 6.48. The second kappa shape index (κ2) is 11.4. The third-order valence-corrected chi connectivity index (χ3v) is 10.4. The Kier molecular flexibility index (Phi) is 7.79. The highest BCUT2D eigenvalue weighted by molar-refractivity contribution is 7.99. The first kappa shape index (κ1) is 28.8. The van der Waals surface area contributed by atoms with Crippen LogP contribution in [0.1, 0.15) is 36.1 Å². The van der Waals surface area contributed by atoms with Crippen LogP contribution in [-0.2, 0) is 10.0 Å². The maximum atomic E-state index is 13.7. The smallest absolute Gasteiger partial charge is 0.276 e. The van der Waals surface area contributed by atoms with Gasteiger partial charge in [-0.2, -0.15) is 4.31 Å². The number of hydrogen-bond acceptors (Lipinski definition) is 8. The molecule has 2 atom stereocenters. The Bertz CT molecular complexity index is 1820. The molecule has 5 aromatic rings. The van der Waals surface area contributed by atoms with E-state index >= 15 is 0 Å². The molecular formula is C31H32FN3O5S2. The normalized spacial score (nSPS) is 17.2. The van der Waals surface area contributed by atoms with E-state index in [1.54, 1.807) is 31.3 Å². The molecule has 1 aliphatic heterocycles. The van der Waals surface area contributed by atoms with Gasteiger partial charge in [0.1, 0.15) is 29.0 Å². The van der Waals surface area contributed by atoms with E-state index in [9.17, 15) is 17.9 Å². The van der Waals surface area contributed by atoms with Crippen LogP contribution in [0.3, 0.4) is 0 Å². The minimum Gasteiger partial charge on any atom is -0.456 e. The molecule has 8 nitrogen and oxygen atoms in total. The number of anilines is 1. The lowest BCUT2D eigenvalue weighted by molar-refractivity contribution is 0.150. The molecule has 3 aromatic carbocycles. The minimum absolute atomic E-state index is 0.0561. The lowest BCUT2D eigenvalue weighted by Gasteiger charge is -2.33. The second-order valence-electron chi connectivity index (χ2n) is 10.4. The van der Waals surface area contributed by atoms with Gasteiger partial charge in [0.05, 0.1) is 5.69 Å². The van der Waals surface area contributed by atoms with Gasteiger partial charge >= 0.3 is 0 Å². The van der Waals surface area contributed by atoms with Crippen LogP contribution in [0, 0.1) is 5.82 Å². The zero-order chi connectivity index (χ0) is 29.6. The van der Waals surface area contributed by atoms with Gasteiger partial charge in [0.15, 0.2) is 0 Å². The number of aliphatic hydroxyl groups is 1. The van der Waals surface area contributed by atoms with E-state index in [1.165, 1.54) is 28.4 Å². The van der Waals surface area contributed by atoms with Crippen molar-refractivity contribution in [2.45, 2.75) is 30.1 Å². The standard InChI is InChI=1S/C31H32FN3O5S2/c1-33-31(36)29-24-16-23(25(34(2)41-3)17-27(24)40-30(29)19-10-12-22(32)13-11-19)21-8-6-14-35(18-21)42(37,38)28-15-20-7-4-5-9-26(20)39-28/h4-5,7,9-13,15-17,21,31,33,36H,6,8,14,18H2,1-3H3/t21-,31+/m0/s1. The molecule has 11 heteroatoms. The summed E-state index contributed by atoms with van der Waals surface area (Å²) in [5.74, 6) is -0.0358. The monoisotopic (exact) mass is 609 g/mol. The van der Waals surface area contributed by atoms with Crippen LogP contribution in [0.2, 0.25) is 0 Å². The molecule has 6 rings (SSSR count). The molecule has 3 heterocycles. The van der Waals surface area contributed by atoms with Crippen molar-refractivity contribution < 1.29 is 26.7 Å². The summed E-state index contributed by atoms with van der Waals surface area (Å²) in [6.45, 7) is 0.683. The van der Waals surface area contributed by atoms with Crippen molar-refractivity contribution in [3.05, 3.63) is 83.7 Å². The summed E-state index contributed by atoms with van der Waals surface area (Å²) in [7, 11) is -0.256.